The van der Waals surface area contributed by atoms with Crippen LogP contribution in [0.25, 0.3) is 0 Å². The summed E-state index contributed by atoms with van der Waals surface area (Å²) in [4.78, 5) is 37.6. The standard InChI is InChI=1S/C29H30F3N5O4/c1-41-25(38)28(12-13-28)21-5-3-2-4-18(21)6-8-24-22(29(30,31)32)17-34-26(36-24)35-20-7-9-23(33-16-20)19-10-14-37(15-11-19)27(39)40/h2-5,7,9,16-17,19H,6,8,10-15H2,1H3,(H,39,40)(H,34,35,36). The Morgan fingerprint density at radius 1 is 1.07 bits per heavy atom. The molecule has 41 heavy (non-hydrogen) atoms. The van der Waals surface area contributed by atoms with E-state index in [9.17, 15) is 22.8 Å². The van der Waals surface area contributed by atoms with Crippen LogP contribution in [0.4, 0.5) is 29.6 Å². The predicted octanol–water partition coefficient (Wildman–Crippen LogP) is 5.48. The predicted molar refractivity (Wildman–Crippen MR) is 143 cm³/mol. The summed E-state index contributed by atoms with van der Waals surface area (Å²) in [5, 5.41) is 12.1. The van der Waals surface area contributed by atoms with Gasteiger partial charge in [-0.1, -0.05) is 24.3 Å². The van der Waals surface area contributed by atoms with Gasteiger partial charge in [-0.25, -0.2) is 14.8 Å². The second-order valence-electron chi connectivity index (χ2n) is 10.4. The molecule has 216 valence electrons. The molecule has 1 aliphatic heterocycles. The minimum Gasteiger partial charge on any atom is -0.468 e. The van der Waals surface area contributed by atoms with Gasteiger partial charge in [0.05, 0.1) is 35.7 Å². The molecule has 9 nitrogen and oxygen atoms in total. The van der Waals surface area contributed by atoms with Crippen molar-refractivity contribution in [1.29, 1.82) is 0 Å². The van der Waals surface area contributed by atoms with Crippen LogP contribution in [-0.4, -0.2) is 57.2 Å². The highest BCUT2D eigenvalue weighted by Crippen LogP contribution is 2.50. The minimum atomic E-state index is -4.63. The van der Waals surface area contributed by atoms with Crippen LogP contribution in [0.5, 0.6) is 0 Å². The number of benzene rings is 1. The second-order valence-corrected chi connectivity index (χ2v) is 10.4. The Hall–Kier alpha value is -4.22. The highest BCUT2D eigenvalue weighted by Gasteiger charge is 2.53. The smallest absolute Gasteiger partial charge is 0.419 e. The number of alkyl halides is 3. The van der Waals surface area contributed by atoms with E-state index in [4.69, 9.17) is 9.84 Å². The molecule has 1 aliphatic carbocycles. The Morgan fingerprint density at radius 2 is 1.80 bits per heavy atom. The fourth-order valence-corrected chi connectivity index (χ4v) is 5.48. The van der Waals surface area contributed by atoms with E-state index in [0.29, 0.717) is 44.5 Å². The number of aryl methyl sites for hydroxylation is 2. The molecule has 1 aromatic carbocycles. The van der Waals surface area contributed by atoms with Gasteiger partial charge >= 0.3 is 18.2 Å². The van der Waals surface area contributed by atoms with Gasteiger partial charge in [0.15, 0.2) is 0 Å². The molecule has 3 heterocycles. The molecule has 0 radical (unpaired) electrons. The van der Waals surface area contributed by atoms with Gasteiger partial charge in [-0.2, -0.15) is 13.2 Å². The van der Waals surface area contributed by atoms with Crippen molar-refractivity contribution < 1.29 is 32.6 Å². The number of carboxylic acid groups (broad SMARTS) is 1. The molecule has 1 saturated heterocycles. The Balaban J connectivity index is 1.31. The number of ether oxygens (including phenoxy) is 1. The average molecular weight is 570 g/mol. The zero-order chi connectivity index (χ0) is 29.2. The number of rotatable bonds is 8. The number of hydrogen-bond donors (Lipinski definition) is 2. The maximum absolute atomic E-state index is 13.8. The second kappa shape index (κ2) is 11.3. The van der Waals surface area contributed by atoms with E-state index >= 15 is 0 Å². The maximum Gasteiger partial charge on any atom is 0.419 e. The van der Waals surface area contributed by atoms with Crippen molar-refractivity contribution in [2.75, 3.05) is 25.5 Å². The third-order valence-electron chi connectivity index (χ3n) is 7.89. The van der Waals surface area contributed by atoms with Gasteiger partial charge in [0, 0.05) is 30.9 Å². The van der Waals surface area contributed by atoms with Crippen molar-refractivity contribution in [2.45, 2.75) is 56.0 Å². The SMILES string of the molecule is COC(=O)C1(c2ccccc2CCc2nc(Nc3ccc(C4CCN(C(=O)O)CC4)nc3)ncc2C(F)(F)F)CC1. The number of aromatic nitrogens is 3. The topological polar surface area (TPSA) is 118 Å². The van der Waals surface area contributed by atoms with E-state index in [2.05, 4.69) is 20.3 Å². The molecule has 2 fully saturated rings. The minimum absolute atomic E-state index is 0.00740. The van der Waals surface area contributed by atoms with Crippen LogP contribution in [0.3, 0.4) is 0 Å². The van der Waals surface area contributed by atoms with Crippen LogP contribution >= 0.6 is 0 Å². The van der Waals surface area contributed by atoms with Crippen molar-refractivity contribution in [3.63, 3.8) is 0 Å². The first-order valence-corrected chi connectivity index (χ1v) is 13.4. The lowest BCUT2D eigenvalue weighted by molar-refractivity contribution is -0.143. The number of likely N-dealkylation sites (tertiary alicyclic amines) is 1. The lowest BCUT2D eigenvalue weighted by Crippen LogP contribution is -2.36. The summed E-state index contributed by atoms with van der Waals surface area (Å²) >= 11 is 0. The molecule has 0 unspecified atom stereocenters. The van der Waals surface area contributed by atoms with Gasteiger partial charge in [-0.3, -0.25) is 9.78 Å². The van der Waals surface area contributed by atoms with Crippen LogP contribution in [0.2, 0.25) is 0 Å². The van der Waals surface area contributed by atoms with Crippen molar-refractivity contribution in [1.82, 2.24) is 19.9 Å². The third kappa shape index (κ3) is 6.10. The molecule has 1 saturated carbocycles. The summed E-state index contributed by atoms with van der Waals surface area (Å²) in [5.74, 6) is -0.191. The number of methoxy groups -OCH3 is 1. The summed E-state index contributed by atoms with van der Waals surface area (Å²) < 4.78 is 46.5. The number of carbonyl (C=O) groups excluding carboxylic acids is 1. The molecular weight excluding hydrogens is 539 g/mol. The summed E-state index contributed by atoms with van der Waals surface area (Å²) in [6, 6.07) is 10.8. The highest BCUT2D eigenvalue weighted by molar-refractivity contribution is 5.87. The number of carbonyl (C=O) groups is 2. The zero-order valence-corrected chi connectivity index (χ0v) is 22.4. The Morgan fingerprint density at radius 3 is 2.41 bits per heavy atom. The highest BCUT2D eigenvalue weighted by atomic mass is 19.4. The molecule has 5 rings (SSSR count). The quantitative estimate of drug-likeness (QED) is 0.343. The van der Waals surface area contributed by atoms with E-state index in [1.54, 1.807) is 18.3 Å². The number of halogens is 3. The molecule has 12 heteroatoms. The van der Waals surface area contributed by atoms with Crippen molar-refractivity contribution in [2.24, 2.45) is 0 Å². The Labute approximate surface area is 234 Å². The van der Waals surface area contributed by atoms with E-state index in [1.807, 2.05) is 24.3 Å². The van der Waals surface area contributed by atoms with Crippen LogP contribution in [-0.2, 0) is 34.0 Å². The molecule has 0 bridgehead atoms. The van der Waals surface area contributed by atoms with E-state index in [0.717, 1.165) is 23.0 Å². The normalized spacial score (nSPS) is 16.7. The molecular formula is C29H30F3N5O4. The summed E-state index contributed by atoms with van der Waals surface area (Å²) in [6.07, 6.45) is -0.342. The molecule has 2 N–H and O–H groups in total. The van der Waals surface area contributed by atoms with Crippen LogP contribution in [0, 0.1) is 0 Å². The Bertz CT molecular complexity index is 1420. The summed E-state index contributed by atoms with van der Waals surface area (Å²) in [6.45, 7) is 0.885. The molecule has 0 atom stereocenters. The van der Waals surface area contributed by atoms with E-state index < -0.39 is 23.2 Å². The van der Waals surface area contributed by atoms with Crippen LogP contribution in [0.15, 0.2) is 48.8 Å². The van der Waals surface area contributed by atoms with E-state index in [-0.39, 0.29) is 36.4 Å². The van der Waals surface area contributed by atoms with Gasteiger partial charge < -0.3 is 20.1 Å². The third-order valence-corrected chi connectivity index (χ3v) is 7.89. The lowest BCUT2D eigenvalue weighted by Gasteiger charge is -2.29. The van der Waals surface area contributed by atoms with Gasteiger partial charge in [0.1, 0.15) is 0 Å². The maximum atomic E-state index is 13.8. The number of hydrogen-bond acceptors (Lipinski definition) is 7. The number of nitrogens with one attached hydrogen (secondary N) is 1. The van der Waals surface area contributed by atoms with Crippen LogP contribution < -0.4 is 5.32 Å². The Kier molecular flexibility index (Phi) is 7.83. The fraction of sp³-hybridized carbons (Fsp3) is 0.414. The first kappa shape index (κ1) is 28.3. The van der Waals surface area contributed by atoms with Gasteiger partial charge in [0.25, 0.3) is 0 Å². The number of anilines is 2. The first-order chi connectivity index (χ1) is 19.6. The fourth-order valence-electron chi connectivity index (χ4n) is 5.48. The number of nitrogens with zero attached hydrogens (tertiary/aromatic N) is 4. The first-order valence-electron chi connectivity index (χ1n) is 13.4. The summed E-state index contributed by atoms with van der Waals surface area (Å²) in [7, 11) is 1.34. The number of pyridine rings is 1. The van der Waals surface area contributed by atoms with Crippen molar-refractivity contribution >= 4 is 23.7 Å². The van der Waals surface area contributed by atoms with Gasteiger partial charge in [-0.15, -0.1) is 0 Å². The van der Waals surface area contributed by atoms with E-state index in [1.165, 1.54) is 12.0 Å². The van der Waals surface area contributed by atoms with Crippen molar-refractivity contribution in [3.8, 4) is 0 Å². The summed E-state index contributed by atoms with van der Waals surface area (Å²) in [5.41, 5.74) is 1.12. The molecule has 0 spiro atoms. The molecule has 1 amide bonds. The zero-order valence-electron chi connectivity index (χ0n) is 22.4. The number of amides is 1. The molecule has 3 aromatic rings. The van der Waals surface area contributed by atoms with Gasteiger partial charge in [0.2, 0.25) is 5.95 Å². The molecule has 2 aliphatic rings. The number of piperidine rings is 1. The average Bonchev–Trinajstić information content (AvgIpc) is 3.78. The monoisotopic (exact) mass is 569 g/mol. The largest absolute Gasteiger partial charge is 0.468 e. The number of esters is 1. The van der Waals surface area contributed by atoms with Crippen LogP contribution in [0.1, 0.15) is 59.7 Å². The van der Waals surface area contributed by atoms with Crippen molar-refractivity contribution in [3.05, 3.63) is 76.9 Å². The van der Waals surface area contributed by atoms with Gasteiger partial charge in [-0.05, 0) is 61.8 Å². The lowest BCUT2D eigenvalue weighted by atomic mass is 9.89. The molecule has 2 aromatic heterocycles.